The first-order chi connectivity index (χ1) is 11.6. The summed E-state index contributed by atoms with van der Waals surface area (Å²) < 4.78 is 4.62. The molecule has 0 heterocycles. The van der Waals surface area contributed by atoms with E-state index in [9.17, 15) is 9.90 Å². The molecule has 2 atom stereocenters. The van der Waals surface area contributed by atoms with Crippen molar-refractivity contribution in [2.24, 2.45) is 0 Å². The molecule has 0 radical (unpaired) electrons. The molecule has 0 aromatic carbocycles. The summed E-state index contributed by atoms with van der Waals surface area (Å²) in [4.78, 5) is 11.4. The Labute approximate surface area is 147 Å². The Morgan fingerprint density at radius 1 is 0.792 bits per heavy atom. The number of hydrogen-bond acceptors (Lipinski definition) is 5. The van der Waals surface area contributed by atoms with E-state index in [0.29, 0.717) is 0 Å². The molecule has 0 aliphatic heterocycles. The van der Waals surface area contributed by atoms with Gasteiger partial charge in [-0.2, -0.15) is 0 Å². The minimum atomic E-state index is -1.63. The number of hydrogen-bond donors (Lipinski definition) is 3. The van der Waals surface area contributed by atoms with Crippen LogP contribution >= 0.6 is 0 Å². The number of esters is 1. The predicted molar refractivity (Wildman–Crippen MR) is 95.5 cm³/mol. The second kappa shape index (κ2) is 17.2. The van der Waals surface area contributed by atoms with Crippen molar-refractivity contribution in [3.63, 3.8) is 0 Å². The normalized spacial score (nSPS) is 13.7. The van der Waals surface area contributed by atoms with Gasteiger partial charge in [-0.3, -0.25) is 4.79 Å². The minimum Gasteiger partial charge on any atom is -0.433 e. The van der Waals surface area contributed by atoms with E-state index in [1.165, 1.54) is 64.2 Å². The van der Waals surface area contributed by atoms with Crippen LogP contribution in [0.3, 0.4) is 0 Å². The Kier molecular flexibility index (Phi) is 16.7. The lowest BCUT2D eigenvalue weighted by molar-refractivity contribution is -0.190. The molecule has 0 aliphatic carbocycles. The highest BCUT2D eigenvalue weighted by Crippen LogP contribution is 2.13. The van der Waals surface area contributed by atoms with Crippen LogP contribution in [0.25, 0.3) is 0 Å². The fourth-order valence-corrected chi connectivity index (χ4v) is 2.65. The topological polar surface area (TPSA) is 87.0 Å². The first kappa shape index (κ1) is 23.4. The lowest BCUT2D eigenvalue weighted by Crippen LogP contribution is -2.33. The zero-order valence-electron chi connectivity index (χ0n) is 15.4. The zero-order valence-corrected chi connectivity index (χ0v) is 15.4. The van der Waals surface area contributed by atoms with Crippen LogP contribution in [0.15, 0.2) is 0 Å². The van der Waals surface area contributed by atoms with Crippen LogP contribution in [0.1, 0.15) is 96.8 Å². The molecule has 5 heteroatoms. The molecule has 144 valence electrons. The molecule has 24 heavy (non-hydrogen) atoms. The third-order valence-corrected chi connectivity index (χ3v) is 4.25. The van der Waals surface area contributed by atoms with Crippen molar-refractivity contribution in [3.05, 3.63) is 0 Å². The lowest BCUT2D eigenvalue weighted by atomic mass is 10.0. The average Bonchev–Trinajstić information content (AvgIpc) is 2.58. The summed E-state index contributed by atoms with van der Waals surface area (Å²) >= 11 is 0. The summed E-state index contributed by atoms with van der Waals surface area (Å²) in [6, 6.07) is 0. The van der Waals surface area contributed by atoms with Gasteiger partial charge in [0.1, 0.15) is 6.10 Å². The number of unbranched alkanes of at least 4 members (excludes halogenated alkanes) is 12. The van der Waals surface area contributed by atoms with Gasteiger partial charge in [0, 0.05) is 6.42 Å². The molecule has 3 N–H and O–H groups in total. The van der Waals surface area contributed by atoms with Gasteiger partial charge in [0.25, 0.3) is 0 Å². The largest absolute Gasteiger partial charge is 0.433 e. The lowest BCUT2D eigenvalue weighted by Gasteiger charge is -2.15. The molecule has 0 bridgehead atoms. The van der Waals surface area contributed by atoms with Crippen LogP contribution in [0.5, 0.6) is 0 Å². The molecule has 0 fully saturated rings. The maximum Gasteiger partial charge on any atom is 0.308 e. The third-order valence-electron chi connectivity index (χ3n) is 4.25. The molecule has 0 saturated heterocycles. The summed E-state index contributed by atoms with van der Waals surface area (Å²) in [5.41, 5.74) is 0. The van der Waals surface area contributed by atoms with Crippen LogP contribution in [0, 0.1) is 0 Å². The second-order valence-electron chi connectivity index (χ2n) is 6.62. The molecule has 0 rings (SSSR count). The highest BCUT2D eigenvalue weighted by Gasteiger charge is 2.19. The molecule has 0 saturated carbocycles. The minimum absolute atomic E-state index is 0.243. The van der Waals surface area contributed by atoms with Crippen LogP contribution < -0.4 is 0 Å². The van der Waals surface area contributed by atoms with E-state index in [1.54, 1.807) is 0 Å². The monoisotopic (exact) mass is 346 g/mol. The van der Waals surface area contributed by atoms with Crippen LogP contribution in [0.4, 0.5) is 0 Å². The number of aliphatic hydroxyl groups excluding tert-OH is 3. The van der Waals surface area contributed by atoms with Crippen molar-refractivity contribution in [2.75, 3.05) is 6.61 Å². The van der Waals surface area contributed by atoms with Gasteiger partial charge in [0.15, 0.2) is 0 Å². The van der Waals surface area contributed by atoms with Gasteiger partial charge >= 0.3 is 5.97 Å². The van der Waals surface area contributed by atoms with E-state index < -0.39 is 25.0 Å². The van der Waals surface area contributed by atoms with E-state index in [1.807, 2.05) is 0 Å². The van der Waals surface area contributed by atoms with E-state index in [0.717, 1.165) is 19.3 Å². The fraction of sp³-hybridized carbons (Fsp3) is 0.947. The summed E-state index contributed by atoms with van der Waals surface area (Å²) in [5.74, 6) is -0.530. The SMILES string of the molecule is CCCCCCCCCCCCCCCC(=O)O[C@H](O)[C@@H](O)CO. The smallest absolute Gasteiger partial charge is 0.308 e. The first-order valence-electron chi connectivity index (χ1n) is 9.78. The van der Waals surface area contributed by atoms with Crippen molar-refractivity contribution in [2.45, 2.75) is 109 Å². The number of carbonyl (C=O) groups excluding carboxylic acids is 1. The Morgan fingerprint density at radius 3 is 1.62 bits per heavy atom. The van der Waals surface area contributed by atoms with E-state index >= 15 is 0 Å². The van der Waals surface area contributed by atoms with Crippen molar-refractivity contribution in [3.8, 4) is 0 Å². The summed E-state index contributed by atoms with van der Waals surface area (Å²) in [7, 11) is 0. The van der Waals surface area contributed by atoms with Gasteiger partial charge in [-0.25, -0.2) is 0 Å². The second-order valence-corrected chi connectivity index (χ2v) is 6.62. The molecule has 0 aliphatic rings. The molecular formula is C19H38O5. The molecule has 0 amide bonds. The number of rotatable bonds is 17. The molecule has 0 aromatic heterocycles. The highest BCUT2D eigenvalue weighted by molar-refractivity contribution is 5.69. The maximum absolute atomic E-state index is 11.4. The number of aliphatic hydroxyl groups is 3. The van der Waals surface area contributed by atoms with Crippen molar-refractivity contribution < 1.29 is 24.9 Å². The molecular weight excluding hydrogens is 308 g/mol. The molecule has 0 spiro atoms. The Hall–Kier alpha value is -0.650. The van der Waals surface area contributed by atoms with Gasteiger partial charge in [-0.1, -0.05) is 84.0 Å². The molecule has 5 nitrogen and oxygen atoms in total. The number of ether oxygens (including phenoxy) is 1. The van der Waals surface area contributed by atoms with E-state index in [2.05, 4.69) is 11.7 Å². The predicted octanol–water partition coefficient (Wildman–Crippen LogP) is 3.68. The summed E-state index contributed by atoms with van der Waals surface area (Å²) in [6.07, 6.45) is 13.3. The van der Waals surface area contributed by atoms with Crippen molar-refractivity contribution in [1.29, 1.82) is 0 Å². The van der Waals surface area contributed by atoms with Gasteiger partial charge in [0.2, 0.25) is 6.29 Å². The van der Waals surface area contributed by atoms with Gasteiger partial charge < -0.3 is 20.1 Å². The highest BCUT2D eigenvalue weighted by atomic mass is 16.6. The zero-order chi connectivity index (χ0) is 18.0. The fourth-order valence-electron chi connectivity index (χ4n) is 2.65. The van der Waals surface area contributed by atoms with Crippen LogP contribution in [-0.2, 0) is 9.53 Å². The Morgan fingerprint density at radius 2 is 1.21 bits per heavy atom. The van der Waals surface area contributed by atoms with E-state index in [4.69, 9.17) is 10.2 Å². The summed E-state index contributed by atoms with van der Waals surface area (Å²) in [5, 5.41) is 26.9. The van der Waals surface area contributed by atoms with Crippen LogP contribution in [-0.4, -0.2) is 40.3 Å². The Balaban J connectivity index is 3.26. The summed E-state index contributed by atoms with van der Waals surface area (Å²) in [6.45, 7) is 1.61. The van der Waals surface area contributed by atoms with Gasteiger partial charge in [-0.15, -0.1) is 0 Å². The van der Waals surface area contributed by atoms with Crippen molar-refractivity contribution >= 4 is 5.97 Å². The Bertz CT molecular complexity index is 283. The van der Waals surface area contributed by atoms with Gasteiger partial charge in [0.05, 0.1) is 6.61 Å². The molecule has 0 aromatic rings. The maximum atomic E-state index is 11.4. The first-order valence-corrected chi connectivity index (χ1v) is 9.78. The molecule has 0 unspecified atom stereocenters. The quantitative estimate of drug-likeness (QED) is 0.212. The van der Waals surface area contributed by atoms with E-state index in [-0.39, 0.29) is 6.42 Å². The van der Waals surface area contributed by atoms with Crippen LogP contribution in [0.2, 0.25) is 0 Å². The van der Waals surface area contributed by atoms with Crippen molar-refractivity contribution in [1.82, 2.24) is 0 Å². The van der Waals surface area contributed by atoms with Gasteiger partial charge in [-0.05, 0) is 6.42 Å². The third kappa shape index (κ3) is 14.9. The average molecular weight is 347 g/mol. The number of carbonyl (C=O) groups is 1. The standard InChI is InChI=1S/C19H38O5/c1-2-3-4-5-6-7-8-9-10-11-12-13-14-15-18(22)24-19(23)17(21)16-20/h17,19-21,23H,2-16H2,1H3/t17-,19-/m0/s1.